The van der Waals surface area contributed by atoms with Gasteiger partial charge >= 0.3 is 0 Å². The van der Waals surface area contributed by atoms with Gasteiger partial charge in [0.1, 0.15) is 0 Å². The van der Waals surface area contributed by atoms with Gasteiger partial charge in [0.05, 0.1) is 11.6 Å². The zero-order valence-electron chi connectivity index (χ0n) is 10.8. The minimum Gasteiger partial charge on any atom is -0.384 e. The molecule has 0 spiro atoms. The lowest BCUT2D eigenvalue weighted by atomic mass is 9.96. The normalized spacial score (nSPS) is 12.2. The van der Waals surface area contributed by atoms with Gasteiger partial charge in [-0.25, -0.2) is 0 Å². The molecule has 0 bridgehead atoms. The van der Waals surface area contributed by atoms with E-state index in [1.165, 1.54) is 0 Å². The number of benzene rings is 1. The Labute approximate surface area is 104 Å². The molecule has 0 saturated heterocycles. The van der Waals surface area contributed by atoms with Crippen molar-refractivity contribution in [1.29, 1.82) is 5.26 Å². The van der Waals surface area contributed by atoms with Crippen molar-refractivity contribution in [2.75, 3.05) is 18.4 Å². The number of aryl methyl sites for hydroxylation is 1. The lowest BCUT2D eigenvalue weighted by molar-refractivity contribution is 0.413. The predicted octanol–water partition coefficient (Wildman–Crippen LogP) is 2.51. The molecule has 0 aliphatic heterocycles. The quantitative estimate of drug-likeness (QED) is 0.818. The second-order valence-corrected chi connectivity index (χ2v) is 4.76. The van der Waals surface area contributed by atoms with Gasteiger partial charge in [0.15, 0.2) is 0 Å². The fraction of sp³-hybridized carbons (Fsp3) is 0.500. The summed E-state index contributed by atoms with van der Waals surface area (Å²) in [5.74, 6) is 1.02. The fourth-order valence-electron chi connectivity index (χ4n) is 1.71. The van der Waals surface area contributed by atoms with Crippen LogP contribution in [0.4, 0.5) is 5.69 Å². The van der Waals surface area contributed by atoms with E-state index in [9.17, 15) is 0 Å². The second-order valence-electron chi connectivity index (χ2n) is 4.76. The van der Waals surface area contributed by atoms with Crippen LogP contribution in [0.15, 0.2) is 18.2 Å². The zero-order chi connectivity index (χ0) is 12.8. The van der Waals surface area contributed by atoms with Crippen LogP contribution in [0.25, 0.3) is 0 Å². The van der Waals surface area contributed by atoms with E-state index in [1.807, 2.05) is 25.1 Å². The highest BCUT2D eigenvalue weighted by molar-refractivity contribution is 5.55. The average molecular weight is 231 g/mol. The number of hydrogen-bond acceptors (Lipinski definition) is 3. The Hall–Kier alpha value is -1.53. The molecule has 0 aliphatic carbocycles. The molecule has 1 aromatic carbocycles. The van der Waals surface area contributed by atoms with Crippen LogP contribution >= 0.6 is 0 Å². The maximum Gasteiger partial charge on any atom is 0.0992 e. The standard InChI is InChI=1S/C14H21N3/c1-10(2)13(8-16)9-17-14-6-12(7-15)5-4-11(14)3/h4-6,10,13,17H,8-9,16H2,1-3H3. The number of nitriles is 1. The topological polar surface area (TPSA) is 61.8 Å². The number of nitrogens with two attached hydrogens (primary N) is 1. The van der Waals surface area contributed by atoms with Crippen LogP contribution in [0.3, 0.4) is 0 Å². The first-order chi connectivity index (χ1) is 8.08. The summed E-state index contributed by atoms with van der Waals surface area (Å²) in [6.45, 7) is 7.93. The molecule has 3 N–H and O–H groups in total. The van der Waals surface area contributed by atoms with Gasteiger partial charge in [-0.3, -0.25) is 0 Å². The molecule has 0 amide bonds. The third-order valence-electron chi connectivity index (χ3n) is 3.17. The summed E-state index contributed by atoms with van der Waals surface area (Å²) < 4.78 is 0. The Kier molecular flexibility index (Phi) is 4.99. The summed E-state index contributed by atoms with van der Waals surface area (Å²) in [5.41, 5.74) is 8.61. The average Bonchev–Trinajstić information content (AvgIpc) is 2.31. The van der Waals surface area contributed by atoms with Gasteiger partial charge in [0.2, 0.25) is 0 Å². The van der Waals surface area contributed by atoms with E-state index < -0.39 is 0 Å². The van der Waals surface area contributed by atoms with Gasteiger partial charge in [-0.05, 0) is 43.0 Å². The monoisotopic (exact) mass is 231 g/mol. The highest BCUT2D eigenvalue weighted by Crippen LogP contribution is 2.18. The second kappa shape index (κ2) is 6.27. The SMILES string of the molecule is Cc1ccc(C#N)cc1NCC(CN)C(C)C. The summed E-state index contributed by atoms with van der Waals surface area (Å²) >= 11 is 0. The summed E-state index contributed by atoms with van der Waals surface area (Å²) in [4.78, 5) is 0. The van der Waals surface area contributed by atoms with Crippen molar-refractivity contribution in [3.05, 3.63) is 29.3 Å². The maximum atomic E-state index is 8.87. The van der Waals surface area contributed by atoms with E-state index in [0.29, 0.717) is 23.9 Å². The van der Waals surface area contributed by atoms with Crippen molar-refractivity contribution in [2.24, 2.45) is 17.6 Å². The minimum atomic E-state index is 0.458. The van der Waals surface area contributed by atoms with Crippen molar-refractivity contribution < 1.29 is 0 Å². The van der Waals surface area contributed by atoms with E-state index in [-0.39, 0.29) is 0 Å². The number of nitrogens with zero attached hydrogens (tertiary/aromatic N) is 1. The molecular formula is C14H21N3. The van der Waals surface area contributed by atoms with Crippen LogP contribution in [0.1, 0.15) is 25.0 Å². The van der Waals surface area contributed by atoms with Gasteiger partial charge in [-0.2, -0.15) is 5.26 Å². The lowest BCUT2D eigenvalue weighted by Crippen LogP contribution is -2.27. The van der Waals surface area contributed by atoms with E-state index in [4.69, 9.17) is 11.0 Å². The Morgan fingerprint density at radius 2 is 2.12 bits per heavy atom. The molecule has 1 atom stereocenters. The van der Waals surface area contributed by atoms with Crippen LogP contribution < -0.4 is 11.1 Å². The maximum absolute atomic E-state index is 8.87. The molecule has 0 radical (unpaired) electrons. The molecule has 1 unspecified atom stereocenters. The van der Waals surface area contributed by atoms with Crippen molar-refractivity contribution in [1.82, 2.24) is 0 Å². The van der Waals surface area contributed by atoms with E-state index in [1.54, 1.807) is 0 Å². The Morgan fingerprint density at radius 1 is 1.41 bits per heavy atom. The van der Waals surface area contributed by atoms with Crippen LogP contribution in [0, 0.1) is 30.1 Å². The fourth-order valence-corrected chi connectivity index (χ4v) is 1.71. The van der Waals surface area contributed by atoms with Gasteiger partial charge in [0.25, 0.3) is 0 Å². The zero-order valence-corrected chi connectivity index (χ0v) is 10.8. The molecule has 0 heterocycles. The Balaban J connectivity index is 2.71. The number of hydrogen-bond donors (Lipinski definition) is 2. The molecule has 0 saturated carbocycles. The molecule has 1 aromatic rings. The van der Waals surface area contributed by atoms with E-state index in [2.05, 4.69) is 25.2 Å². The van der Waals surface area contributed by atoms with Gasteiger partial charge in [-0.1, -0.05) is 19.9 Å². The third-order valence-corrected chi connectivity index (χ3v) is 3.17. The molecule has 3 nitrogen and oxygen atoms in total. The summed E-state index contributed by atoms with van der Waals surface area (Å²) in [5, 5.41) is 12.3. The first-order valence-corrected chi connectivity index (χ1v) is 6.03. The van der Waals surface area contributed by atoms with Crippen LogP contribution in [0.5, 0.6) is 0 Å². The number of rotatable bonds is 5. The largest absolute Gasteiger partial charge is 0.384 e. The highest BCUT2D eigenvalue weighted by atomic mass is 14.9. The smallest absolute Gasteiger partial charge is 0.0992 e. The molecule has 0 fully saturated rings. The van der Waals surface area contributed by atoms with E-state index >= 15 is 0 Å². The van der Waals surface area contributed by atoms with Crippen molar-refractivity contribution in [3.63, 3.8) is 0 Å². The molecule has 0 aromatic heterocycles. The van der Waals surface area contributed by atoms with Crippen LogP contribution in [0.2, 0.25) is 0 Å². The van der Waals surface area contributed by atoms with Gasteiger partial charge < -0.3 is 11.1 Å². The molecular weight excluding hydrogens is 210 g/mol. The molecule has 1 rings (SSSR count). The van der Waals surface area contributed by atoms with Crippen molar-refractivity contribution in [2.45, 2.75) is 20.8 Å². The van der Waals surface area contributed by atoms with Crippen molar-refractivity contribution in [3.8, 4) is 6.07 Å². The minimum absolute atomic E-state index is 0.458. The number of nitrogens with one attached hydrogen (secondary N) is 1. The Morgan fingerprint density at radius 3 is 2.65 bits per heavy atom. The first kappa shape index (κ1) is 13.5. The first-order valence-electron chi connectivity index (χ1n) is 6.03. The highest BCUT2D eigenvalue weighted by Gasteiger charge is 2.11. The van der Waals surface area contributed by atoms with E-state index in [0.717, 1.165) is 17.8 Å². The van der Waals surface area contributed by atoms with Crippen LogP contribution in [-0.4, -0.2) is 13.1 Å². The van der Waals surface area contributed by atoms with Gasteiger partial charge in [-0.15, -0.1) is 0 Å². The van der Waals surface area contributed by atoms with Crippen LogP contribution in [-0.2, 0) is 0 Å². The number of anilines is 1. The molecule has 0 aliphatic rings. The van der Waals surface area contributed by atoms with Gasteiger partial charge in [0, 0.05) is 12.2 Å². The summed E-state index contributed by atoms with van der Waals surface area (Å²) in [6, 6.07) is 7.85. The van der Waals surface area contributed by atoms with Crippen molar-refractivity contribution >= 4 is 5.69 Å². The molecule has 92 valence electrons. The lowest BCUT2D eigenvalue weighted by Gasteiger charge is -2.20. The predicted molar refractivity (Wildman–Crippen MR) is 71.8 cm³/mol. The Bertz CT molecular complexity index is 404. The molecule has 3 heteroatoms. The summed E-state index contributed by atoms with van der Waals surface area (Å²) in [7, 11) is 0. The molecule has 17 heavy (non-hydrogen) atoms. The third kappa shape index (κ3) is 3.76. The summed E-state index contributed by atoms with van der Waals surface area (Å²) in [6.07, 6.45) is 0.